The molecule has 3 heterocycles. The Morgan fingerprint density at radius 1 is 1.23 bits per heavy atom. The second-order valence-electron chi connectivity index (χ2n) is 6.85. The molecule has 0 aliphatic carbocycles. The van der Waals surface area contributed by atoms with Crippen LogP contribution in [0.4, 0.5) is 5.95 Å². The number of aryl methyl sites for hydroxylation is 2. The number of hydrogen-bond acceptors (Lipinski definition) is 8. The summed E-state index contributed by atoms with van der Waals surface area (Å²) in [6.07, 6.45) is 1.68. The Labute approximate surface area is 183 Å². The van der Waals surface area contributed by atoms with E-state index in [9.17, 15) is 19.2 Å². The number of carbonyl (C=O) groups is 3. The van der Waals surface area contributed by atoms with Crippen molar-refractivity contribution >= 4 is 56.7 Å². The molecule has 0 spiro atoms. The van der Waals surface area contributed by atoms with E-state index in [-0.39, 0.29) is 24.3 Å². The molecule has 10 nitrogen and oxygen atoms in total. The number of nitrogen functional groups attached to an aromatic ring is 1. The molecule has 0 bridgehead atoms. The topological polar surface area (TPSA) is 175 Å². The van der Waals surface area contributed by atoms with Crippen LogP contribution in [0.1, 0.15) is 39.4 Å². The van der Waals surface area contributed by atoms with Crippen LogP contribution in [-0.4, -0.2) is 44.1 Å². The maximum absolute atomic E-state index is 12.3. The lowest BCUT2D eigenvalue weighted by molar-refractivity contribution is -0.140. The van der Waals surface area contributed by atoms with Crippen LogP contribution < -0.4 is 16.6 Å². The summed E-state index contributed by atoms with van der Waals surface area (Å²) in [6, 6.07) is 2.25. The zero-order valence-corrected chi connectivity index (χ0v) is 17.8. The maximum atomic E-state index is 12.3. The van der Waals surface area contributed by atoms with Gasteiger partial charge in [-0.1, -0.05) is 0 Å². The first-order valence-corrected chi connectivity index (χ1v) is 11.0. The number of nitrogens with two attached hydrogens (primary N) is 1. The van der Waals surface area contributed by atoms with Gasteiger partial charge in [-0.05, 0) is 48.8 Å². The lowest BCUT2D eigenvalue weighted by Crippen LogP contribution is -2.40. The first-order chi connectivity index (χ1) is 14.7. The molecule has 0 saturated carbocycles. The lowest BCUT2D eigenvalue weighted by atomic mass is 10.1. The Morgan fingerprint density at radius 2 is 2.00 bits per heavy atom. The molecule has 1 atom stereocenters. The first kappa shape index (κ1) is 22.4. The standard InChI is InChI=1S/C19H20N4O6S2/c20-19-22-15(26)11-7-10(31-17(11)23-19)3-1-2-9-6-13(30-8-9)16(27)21-12(18(28)29)4-5-14(24)25/h6-8,12H,1-5H2,(H,21,27)(H,24,25)(H,28,29)(H3,20,22,23,26)/t12-/m0/s1. The predicted octanol–water partition coefficient (Wildman–Crippen LogP) is 1.85. The average molecular weight is 465 g/mol. The molecular formula is C19H20N4O6S2. The first-order valence-electron chi connectivity index (χ1n) is 9.34. The number of nitrogens with one attached hydrogen (secondary N) is 2. The smallest absolute Gasteiger partial charge is 0.326 e. The average Bonchev–Trinajstić information content (AvgIpc) is 3.31. The quantitative estimate of drug-likeness (QED) is 0.302. The summed E-state index contributed by atoms with van der Waals surface area (Å²) in [5.41, 5.74) is 6.24. The fourth-order valence-electron chi connectivity index (χ4n) is 2.97. The van der Waals surface area contributed by atoms with Gasteiger partial charge in [-0.25, -0.2) is 9.78 Å². The van der Waals surface area contributed by atoms with E-state index >= 15 is 0 Å². The molecule has 0 aromatic carbocycles. The number of rotatable bonds is 10. The highest BCUT2D eigenvalue weighted by molar-refractivity contribution is 7.18. The number of H-pyrrole nitrogens is 1. The van der Waals surface area contributed by atoms with Gasteiger partial charge < -0.3 is 21.3 Å². The summed E-state index contributed by atoms with van der Waals surface area (Å²) >= 11 is 2.62. The van der Waals surface area contributed by atoms with E-state index in [4.69, 9.17) is 15.9 Å². The minimum Gasteiger partial charge on any atom is -0.481 e. The highest BCUT2D eigenvalue weighted by Gasteiger charge is 2.22. The van der Waals surface area contributed by atoms with E-state index in [2.05, 4.69) is 15.3 Å². The van der Waals surface area contributed by atoms with Crippen LogP contribution in [0.3, 0.4) is 0 Å². The predicted molar refractivity (Wildman–Crippen MR) is 117 cm³/mol. The molecular weight excluding hydrogens is 444 g/mol. The highest BCUT2D eigenvalue weighted by atomic mass is 32.1. The van der Waals surface area contributed by atoms with Crippen LogP contribution in [0.15, 0.2) is 22.3 Å². The number of aromatic amines is 1. The summed E-state index contributed by atoms with van der Waals surface area (Å²) < 4.78 is 0. The van der Waals surface area contributed by atoms with Crippen molar-refractivity contribution in [2.45, 2.75) is 38.1 Å². The summed E-state index contributed by atoms with van der Waals surface area (Å²) in [5.74, 6) is -2.85. The van der Waals surface area contributed by atoms with Crippen LogP contribution in [0.25, 0.3) is 10.2 Å². The lowest BCUT2D eigenvalue weighted by Gasteiger charge is -2.12. The minimum atomic E-state index is -1.27. The number of amides is 1. The summed E-state index contributed by atoms with van der Waals surface area (Å²) in [5, 5.41) is 22.6. The van der Waals surface area contributed by atoms with E-state index in [1.165, 1.54) is 22.7 Å². The molecule has 12 heteroatoms. The van der Waals surface area contributed by atoms with Gasteiger partial charge in [0.1, 0.15) is 10.9 Å². The number of carboxylic acids is 2. The Kier molecular flexibility index (Phi) is 7.02. The summed E-state index contributed by atoms with van der Waals surface area (Å²) in [4.78, 5) is 54.7. The van der Waals surface area contributed by atoms with E-state index < -0.39 is 23.9 Å². The molecule has 3 rings (SSSR count). The van der Waals surface area contributed by atoms with Crippen molar-refractivity contribution in [1.29, 1.82) is 0 Å². The van der Waals surface area contributed by atoms with Gasteiger partial charge in [0.25, 0.3) is 11.5 Å². The van der Waals surface area contributed by atoms with Gasteiger partial charge in [0.05, 0.1) is 10.3 Å². The van der Waals surface area contributed by atoms with Gasteiger partial charge >= 0.3 is 11.9 Å². The van der Waals surface area contributed by atoms with Crippen molar-refractivity contribution < 1.29 is 24.6 Å². The summed E-state index contributed by atoms with van der Waals surface area (Å²) in [7, 11) is 0. The Hall–Kier alpha value is -3.25. The largest absolute Gasteiger partial charge is 0.481 e. The second-order valence-corrected chi connectivity index (χ2v) is 8.88. The van der Waals surface area contributed by atoms with Crippen LogP contribution >= 0.6 is 22.7 Å². The van der Waals surface area contributed by atoms with Crippen LogP contribution in [0, 0.1) is 0 Å². The van der Waals surface area contributed by atoms with Gasteiger partial charge in [0.2, 0.25) is 5.95 Å². The van der Waals surface area contributed by atoms with Crippen LogP contribution in [0.5, 0.6) is 0 Å². The minimum absolute atomic E-state index is 0.0862. The number of fused-ring (bicyclic) bond motifs is 1. The number of aliphatic carboxylic acids is 2. The molecule has 6 N–H and O–H groups in total. The molecule has 3 aromatic heterocycles. The van der Waals surface area contributed by atoms with Gasteiger partial charge in [-0.2, -0.15) is 0 Å². The maximum Gasteiger partial charge on any atom is 0.326 e. The number of nitrogens with zero attached hydrogens (tertiary/aromatic N) is 1. The van der Waals surface area contributed by atoms with E-state index in [1.807, 2.05) is 5.38 Å². The van der Waals surface area contributed by atoms with E-state index in [0.29, 0.717) is 21.5 Å². The van der Waals surface area contributed by atoms with Gasteiger partial charge in [-0.3, -0.25) is 19.4 Å². The van der Waals surface area contributed by atoms with Crippen molar-refractivity contribution in [3.8, 4) is 0 Å². The number of aromatic nitrogens is 2. The van der Waals surface area contributed by atoms with Crippen LogP contribution in [0.2, 0.25) is 0 Å². The molecule has 3 aromatic rings. The highest BCUT2D eigenvalue weighted by Crippen LogP contribution is 2.24. The number of anilines is 1. The van der Waals surface area contributed by atoms with Gasteiger partial charge in [0.15, 0.2) is 0 Å². The molecule has 0 fully saturated rings. The van der Waals surface area contributed by atoms with E-state index in [0.717, 1.165) is 23.3 Å². The SMILES string of the molecule is Nc1nc2sc(CCCc3csc(C(=O)N[C@@H](CCC(=O)O)C(=O)O)c3)cc2c(=O)[nH]1. The van der Waals surface area contributed by atoms with Crippen molar-refractivity contribution in [2.24, 2.45) is 0 Å². The fraction of sp³-hybridized carbons (Fsp3) is 0.316. The Bertz CT molecular complexity index is 1180. The molecule has 1 amide bonds. The number of thiophene rings is 2. The third-order valence-corrected chi connectivity index (χ3v) is 6.55. The monoisotopic (exact) mass is 464 g/mol. The van der Waals surface area contributed by atoms with Gasteiger partial charge in [-0.15, -0.1) is 22.7 Å². The number of carbonyl (C=O) groups excluding carboxylic acids is 1. The van der Waals surface area contributed by atoms with E-state index in [1.54, 1.807) is 12.1 Å². The fourth-order valence-corrected chi connectivity index (χ4v) is 4.90. The molecule has 0 aliphatic rings. The molecule has 0 unspecified atom stereocenters. The Balaban J connectivity index is 1.55. The van der Waals surface area contributed by atoms with Crippen molar-refractivity contribution in [3.63, 3.8) is 0 Å². The third kappa shape index (κ3) is 5.89. The van der Waals surface area contributed by atoms with Crippen molar-refractivity contribution in [2.75, 3.05) is 5.73 Å². The molecule has 0 saturated heterocycles. The third-order valence-electron chi connectivity index (χ3n) is 4.49. The zero-order valence-electron chi connectivity index (χ0n) is 16.2. The molecule has 0 aliphatic heterocycles. The molecule has 164 valence electrons. The number of carboxylic acid groups (broad SMARTS) is 2. The second kappa shape index (κ2) is 9.71. The normalized spacial score (nSPS) is 12.0. The zero-order chi connectivity index (χ0) is 22.5. The van der Waals surface area contributed by atoms with Gasteiger partial charge in [0, 0.05) is 11.3 Å². The van der Waals surface area contributed by atoms with Crippen LogP contribution in [-0.2, 0) is 22.4 Å². The Morgan fingerprint density at radius 3 is 2.71 bits per heavy atom. The number of hydrogen-bond donors (Lipinski definition) is 5. The summed E-state index contributed by atoms with van der Waals surface area (Å²) in [6.45, 7) is 0. The van der Waals surface area contributed by atoms with Crippen molar-refractivity contribution in [3.05, 3.63) is 43.2 Å². The molecule has 31 heavy (non-hydrogen) atoms. The van der Waals surface area contributed by atoms with Crippen molar-refractivity contribution in [1.82, 2.24) is 15.3 Å². The molecule has 0 radical (unpaired) electrons.